The van der Waals surface area contributed by atoms with Crippen molar-refractivity contribution in [1.82, 2.24) is 15.8 Å². The molecule has 1 aromatic rings. The Morgan fingerprint density at radius 3 is 1.90 bits per heavy atom. The highest BCUT2D eigenvalue weighted by Crippen LogP contribution is 2.32. The van der Waals surface area contributed by atoms with Gasteiger partial charge in [0.2, 0.25) is 0 Å². The molecule has 0 amide bonds. The Labute approximate surface area is 179 Å². The summed E-state index contributed by atoms with van der Waals surface area (Å²) in [4.78, 5) is 0. The van der Waals surface area contributed by atoms with Crippen LogP contribution in [0.1, 0.15) is 90.9 Å². The fourth-order valence-electron chi connectivity index (χ4n) is 3.85. The second-order valence-corrected chi connectivity index (χ2v) is 8.28. The Kier molecular flexibility index (Phi) is 12.8. The second kappa shape index (κ2) is 15.5. The van der Waals surface area contributed by atoms with Crippen molar-refractivity contribution in [3.63, 3.8) is 0 Å². The van der Waals surface area contributed by atoms with Gasteiger partial charge in [-0.05, 0) is 38.1 Å². The number of hydrogen-bond donors (Lipinski definition) is 3. The maximum absolute atomic E-state index is 3.64. The number of benzene rings is 1. The van der Waals surface area contributed by atoms with Crippen LogP contribution in [0.2, 0.25) is 0 Å². The summed E-state index contributed by atoms with van der Waals surface area (Å²) in [5.41, 5.74) is 5.98. The van der Waals surface area contributed by atoms with Gasteiger partial charge in [0, 0.05) is 0 Å². The van der Waals surface area contributed by atoms with E-state index in [1.165, 1.54) is 88.4 Å². The number of anilines is 2. The lowest BCUT2D eigenvalue weighted by atomic mass is 10.1. The molecule has 0 aromatic heterocycles. The van der Waals surface area contributed by atoms with Gasteiger partial charge in [0.1, 0.15) is 0 Å². The molecule has 0 fully saturated rings. The van der Waals surface area contributed by atoms with Crippen LogP contribution in [-0.2, 0) is 0 Å². The van der Waals surface area contributed by atoms with E-state index in [0.717, 1.165) is 26.4 Å². The Hall–Kier alpha value is -1.30. The van der Waals surface area contributed by atoms with Crippen molar-refractivity contribution in [1.29, 1.82) is 0 Å². The summed E-state index contributed by atoms with van der Waals surface area (Å²) < 4.78 is 0. The van der Waals surface area contributed by atoms with Gasteiger partial charge in [-0.2, -0.15) is 0 Å². The highest BCUT2D eigenvalue weighted by Gasteiger charge is 2.25. The van der Waals surface area contributed by atoms with Crippen molar-refractivity contribution in [2.45, 2.75) is 90.9 Å². The van der Waals surface area contributed by atoms with Crippen molar-refractivity contribution in [3.05, 3.63) is 24.3 Å². The van der Waals surface area contributed by atoms with E-state index in [1.807, 2.05) is 0 Å². The number of para-hydroxylation sites is 2. The first-order valence-electron chi connectivity index (χ1n) is 12.2. The summed E-state index contributed by atoms with van der Waals surface area (Å²) in [6, 6.07) is 8.57. The molecule has 0 radical (unpaired) electrons. The van der Waals surface area contributed by atoms with Crippen LogP contribution in [0.15, 0.2) is 24.3 Å². The van der Waals surface area contributed by atoms with Crippen LogP contribution in [0.5, 0.6) is 0 Å². The predicted octanol–water partition coefficient (Wildman–Crippen LogP) is 5.87. The molecule has 1 aromatic carbocycles. The fraction of sp³-hybridized carbons (Fsp3) is 0.750. The quantitative estimate of drug-likeness (QED) is 0.268. The van der Waals surface area contributed by atoms with Gasteiger partial charge >= 0.3 is 0 Å². The zero-order valence-electron chi connectivity index (χ0n) is 19.0. The summed E-state index contributed by atoms with van der Waals surface area (Å²) in [5.74, 6) is 0. The molecule has 166 valence electrons. The highest BCUT2D eigenvalue weighted by molar-refractivity contribution is 5.72. The smallest absolute Gasteiger partial charge is 0.0884 e. The minimum absolute atomic E-state index is 0.822. The van der Waals surface area contributed by atoms with Gasteiger partial charge in [0.15, 0.2) is 0 Å². The molecular formula is C24H45N5. The molecule has 3 N–H and O–H groups in total. The molecule has 0 saturated heterocycles. The van der Waals surface area contributed by atoms with E-state index >= 15 is 0 Å². The first kappa shape index (κ1) is 24.0. The fourth-order valence-corrected chi connectivity index (χ4v) is 3.85. The molecule has 1 aliphatic heterocycles. The molecule has 1 aliphatic rings. The molecule has 0 atom stereocenters. The predicted molar refractivity (Wildman–Crippen MR) is 127 cm³/mol. The van der Waals surface area contributed by atoms with E-state index in [2.05, 4.69) is 64.3 Å². The van der Waals surface area contributed by atoms with Gasteiger partial charge in [0.25, 0.3) is 0 Å². The van der Waals surface area contributed by atoms with Crippen molar-refractivity contribution < 1.29 is 0 Å². The molecular weight excluding hydrogens is 358 g/mol. The molecule has 0 saturated carbocycles. The molecule has 1 heterocycles. The average molecular weight is 404 g/mol. The maximum Gasteiger partial charge on any atom is 0.0884 e. The Morgan fingerprint density at radius 1 is 0.690 bits per heavy atom. The van der Waals surface area contributed by atoms with Crippen LogP contribution < -0.4 is 21.1 Å². The molecule has 5 heteroatoms. The van der Waals surface area contributed by atoms with E-state index in [-0.39, 0.29) is 0 Å². The molecule has 29 heavy (non-hydrogen) atoms. The van der Waals surface area contributed by atoms with Gasteiger partial charge in [-0.3, -0.25) is 15.8 Å². The third-order valence-corrected chi connectivity index (χ3v) is 5.66. The van der Waals surface area contributed by atoms with E-state index in [1.54, 1.807) is 0 Å². The van der Waals surface area contributed by atoms with Crippen LogP contribution in [0.3, 0.4) is 0 Å². The average Bonchev–Trinajstić information content (AvgIpc) is 3.09. The van der Waals surface area contributed by atoms with E-state index in [9.17, 15) is 0 Å². The normalized spacial score (nSPS) is 13.7. The van der Waals surface area contributed by atoms with E-state index < -0.39 is 0 Å². The minimum atomic E-state index is 0.822. The number of hydrazine groups is 2. The van der Waals surface area contributed by atoms with Crippen molar-refractivity contribution >= 4 is 11.4 Å². The van der Waals surface area contributed by atoms with Gasteiger partial charge < -0.3 is 5.32 Å². The first-order chi connectivity index (χ1) is 14.4. The van der Waals surface area contributed by atoms with E-state index in [0.29, 0.717) is 0 Å². The third kappa shape index (κ3) is 9.37. The number of fused-ring (bicyclic) bond motifs is 1. The van der Waals surface area contributed by atoms with Crippen LogP contribution in [0.25, 0.3) is 0 Å². The van der Waals surface area contributed by atoms with Crippen LogP contribution >= 0.6 is 0 Å². The molecule has 2 rings (SSSR count). The molecule has 0 aliphatic carbocycles. The zero-order valence-corrected chi connectivity index (χ0v) is 19.0. The minimum Gasteiger partial charge on any atom is -0.301 e. The zero-order chi connectivity index (χ0) is 20.6. The second-order valence-electron chi connectivity index (χ2n) is 8.28. The van der Waals surface area contributed by atoms with Crippen molar-refractivity contribution in [2.24, 2.45) is 0 Å². The largest absolute Gasteiger partial charge is 0.301 e. The lowest BCUT2D eigenvalue weighted by Gasteiger charge is -2.29. The molecule has 0 bridgehead atoms. The van der Waals surface area contributed by atoms with Crippen LogP contribution in [-0.4, -0.2) is 31.5 Å². The number of nitrogens with one attached hydrogen (secondary N) is 3. The van der Waals surface area contributed by atoms with Crippen LogP contribution in [0, 0.1) is 0 Å². The highest BCUT2D eigenvalue weighted by atomic mass is 15.8. The topological polar surface area (TPSA) is 42.6 Å². The number of rotatable bonds is 18. The number of unbranched alkanes of at least 4 members (excludes halogenated alkanes) is 10. The Bertz CT molecular complexity index is 522. The van der Waals surface area contributed by atoms with Gasteiger partial charge in [0.05, 0.1) is 24.7 Å². The molecule has 0 spiro atoms. The lowest BCUT2D eigenvalue weighted by Crippen LogP contribution is -2.50. The van der Waals surface area contributed by atoms with Crippen molar-refractivity contribution in [2.75, 3.05) is 36.9 Å². The van der Waals surface area contributed by atoms with Crippen LogP contribution in [0.4, 0.5) is 11.4 Å². The van der Waals surface area contributed by atoms with Gasteiger partial charge in [-0.1, -0.05) is 90.2 Å². The molecule has 5 nitrogen and oxygen atoms in total. The summed E-state index contributed by atoms with van der Waals surface area (Å²) in [5, 5.41) is 11.8. The number of nitrogens with zero attached hydrogens (tertiary/aromatic N) is 2. The first-order valence-corrected chi connectivity index (χ1v) is 12.2. The van der Waals surface area contributed by atoms with Gasteiger partial charge in [-0.25, -0.2) is 0 Å². The summed E-state index contributed by atoms with van der Waals surface area (Å²) in [6.45, 7) is 8.39. The van der Waals surface area contributed by atoms with Gasteiger partial charge in [-0.15, -0.1) is 5.12 Å². The number of hydrogen-bond acceptors (Lipinski definition) is 5. The SMILES string of the molecule is CCCCCCCCNCN1Nc2ccccc2N1CNCCCCCCCC. The standard InChI is InChI=1S/C24H45N5/c1-3-5-7-9-11-15-19-25-21-28-24-18-14-13-17-23(24)27-29(28)22-26-20-16-12-10-8-6-4-2/h13-14,17-18,25-27H,3-12,15-16,19-22H2,1-2H3. The van der Waals surface area contributed by atoms with E-state index in [4.69, 9.17) is 0 Å². The third-order valence-electron chi connectivity index (χ3n) is 5.66. The summed E-state index contributed by atoms with van der Waals surface area (Å²) >= 11 is 0. The summed E-state index contributed by atoms with van der Waals surface area (Å²) in [7, 11) is 0. The maximum atomic E-state index is 3.64. The monoisotopic (exact) mass is 403 g/mol. The lowest BCUT2D eigenvalue weighted by molar-refractivity contribution is 0.282. The Balaban J connectivity index is 1.65. The Morgan fingerprint density at radius 2 is 1.24 bits per heavy atom. The summed E-state index contributed by atoms with van der Waals surface area (Å²) in [6.07, 6.45) is 16.1. The molecule has 0 unspecified atom stereocenters. The van der Waals surface area contributed by atoms with Crippen molar-refractivity contribution in [3.8, 4) is 0 Å².